The first-order valence-corrected chi connectivity index (χ1v) is 5.59. The Labute approximate surface area is 92.4 Å². The normalized spacial score (nSPS) is 16.8. The molecule has 0 unspecified atom stereocenters. The van der Waals surface area contributed by atoms with E-state index in [0.29, 0.717) is 17.8 Å². The highest BCUT2D eigenvalue weighted by molar-refractivity contribution is 5.34. The van der Waals surface area contributed by atoms with Gasteiger partial charge in [-0.25, -0.2) is 0 Å². The van der Waals surface area contributed by atoms with E-state index >= 15 is 0 Å². The number of nitrogens with zero attached hydrogens (tertiary/aromatic N) is 2. The minimum absolute atomic E-state index is 0.0854. The summed E-state index contributed by atoms with van der Waals surface area (Å²) in [6.07, 6.45) is -1.80. The van der Waals surface area contributed by atoms with Gasteiger partial charge in [-0.2, -0.15) is 18.3 Å². The zero-order chi connectivity index (χ0) is 11.9. The molecule has 0 saturated heterocycles. The van der Waals surface area contributed by atoms with Gasteiger partial charge < -0.3 is 0 Å². The number of rotatable bonds is 3. The van der Waals surface area contributed by atoms with E-state index in [1.807, 2.05) is 6.92 Å². The minimum Gasteiger partial charge on any atom is -0.269 e. The third-order valence-electron chi connectivity index (χ3n) is 2.94. The maximum Gasteiger partial charge on any atom is 0.435 e. The van der Waals surface area contributed by atoms with Crippen LogP contribution in [0.25, 0.3) is 0 Å². The van der Waals surface area contributed by atoms with Crippen molar-refractivity contribution in [3.8, 4) is 0 Å². The Morgan fingerprint density at radius 1 is 1.38 bits per heavy atom. The fourth-order valence-corrected chi connectivity index (χ4v) is 2.06. The molecule has 0 spiro atoms. The lowest BCUT2D eigenvalue weighted by Crippen LogP contribution is -2.09. The SMILES string of the molecule is CCCn1nc(C(F)(F)F)c(C2CC2)c1C. The second kappa shape index (κ2) is 3.79. The monoisotopic (exact) mass is 232 g/mol. The van der Waals surface area contributed by atoms with Gasteiger partial charge >= 0.3 is 6.18 Å². The van der Waals surface area contributed by atoms with Gasteiger partial charge in [0, 0.05) is 17.8 Å². The molecule has 0 aliphatic heterocycles. The zero-order valence-electron chi connectivity index (χ0n) is 9.43. The fraction of sp³-hybridized carbons (Fsp3) is 0.727. The van der Waals surface area contributed by atoms with E-state index in [1.165, 1.54) is 4.68 Å². The smallest absolute Gasteiger partial charge is 0.269 e. The number of hydrogen-bond donors (Lipinski definition) is 0. The number of hydrogen-bond acceptors (Lipinski definition) is 1. The molecule has 2 rings (SSSR count). The standard InChI is InChI=1S/C11H15F3N2/c1-3-6-16-7(2)9(8-4-5-8)10(15-16)11(12,13)14/h8H,3-6H2,1-2H3. The molecule has 1 aliphatic carbocycles. The summed E-state index contributed by atoms with van der Waals surface area (Å²) in [6, 6.07) is 0. The van der Waals surface area contributed by atoms with Gasteiger partial charge in [-0.1, -0.05) is 6.92 Å². The van der Waals surface area contributed by atoms with Gasteiger partial charge in [0.15, 0.2) is 5.69 Å². The lowest BCUT2D eigenvalue weighted by Gasteiger charge is -2.05. The zero-order valence-corrected chi connectivity index (χ0v) is 9.43. The highest BCUT2D eigenvalue weighted by atomic mass is 19.4. The maximum atomic E-state index is 12.8. The lowest BCUT2D eigenvalue weighted by molar-refractivity contribution is -0.142. The summed E-state index contributed by atoms with van der Waals surface area (Å²) in [5, 5.41) is 3.72. The predicted molar refractivity (Wildman–Crippen MR) is 54.2 cm³/mol. The molecule has 5 heteroatoms. The largest absolute Gasteiger partial charge is 0.435 e. The number of alkyl halides is 3. The molecule has 2 nitrogen and oxygen atoms in total. The second-order valence-corrected chi connectivity index (χ2v) is 4.34. The van der Waals surface area contributed by atoms with Gasteiger partial charge in [-0.15, -0.1) is 0 Å². The lowest BCUT2D eigenvalue weighted by atomic mass is 10.1. The van der Waals surface area contributed by atoms with E-state index in [4.69, 9.17) is 0 Å². The Kier molecular flexibility index (Phi) is 2.72. The van der Waals surface area contributed by atoms with Crippen molar-refractivity contribution < 1.29 is 13.2 Å². The van der Waals surface area contributed by atoms with Crippen molar-refractivity contribution in [2.75, 3.05) is 0 Å². The van der Waals surface area contributed by atoms with Gasteiger partial charge in [-0.05, 0) is 32.1 Å². The molecule has 1 aromatic heterocycles. The van der Waals surface area contributed by atoms with Crippen molar-refractivity contribution in [1.29, 1.82) is 0 Å². The van der Waals surface area contributed by atoms with Crippen molar-refractivity contribution in [3.05, 3.63) is 17.0 Å². The molecule has 0 N–H and O–H groups in total. The van der Waals surface area contributed by atoms with E-state index in [2.05, 4.69) is 5.10 Å². The summed E-state index contributed by atoms with van der Waals surface area (Å²) in [4.78, 5) is 0. The summed E-state index contributed by atoms with van der Waals surface area (Å²) in [7, 11) is 0. The molecule has 1 aromatic rings. The van der Waals surface area contributed by atoms with Crippen LogP contribution in [-0.4, -0.2) is 9.78 Å². The molecular weight excluding hydrogens is 217 g/mol. The summed E-state index contributed by atoms with van der Waals surface area (Å²) in [6.45, 7) is 4.23. The van der Waals surface area contributed by atoms with E-state index in [9.17, 15) is 13.2 Å². The highest BCUT2D eigenvalue weighted by Gasteiger charge is 2.42. The van der Waals surface area contributed by atoms with Crippen molar-refractivity contribution in [1.82, 2.24) is 9.78 Å². The van der Waals surface area contributed by atoms with Crippen LogP contribution in [0.1, 0.15) is 49.1 Å². The molecule has 0 bridgehead atoms. The van der Waals surface area contributed by atoms with Crippen molar-refractivity contribution in [2.45, 2.75) is 51.7 Å². The average molecular weight is 232 g/mol. The third-order valence-corrected chi connectivity index (χ3v) is 2.94. The predicted octanol–water partition coefficient (Wildman–Crippen LogP) is 3.50. The van der Waals surface area contributed by atoms with E-state index in [1.54, 1.807) is 6.92 Å². The topological polar surface area (TPSA) is 17.8 Å². The number of aromatic nitrogens is 2. The van der Waals surface area contributed by atoms with E-state index in [-0.39, 0.29) is 5.92 Å². The quantitative estimate of drug-likeness (QED) is 0.779. The highest BCUT2D eigenvalue weighted by Crippen LogP contribution is 2.46. The third kappa shape index (κ3) is 1.95. The van der Waals surface area contributed by atoms with Crippen molar-refractivity contribution in [3.63, 3.8) is 0 Å². The van der Waals surface area contributed by atoms with Crippen LogP contribution in [0.5, 0.6) is 0 Å². The summed E-state index contributed by atoms with van der Waals surface area (Å²) >= 11 is 0. The average Bonchev–Trinajstić information content (AvgIpc) is 2.93. The van der Waals surface area contributed by atoms with Crippen LogP contribution in [0.15, 0.2) is 0 Å². The first-order valence-electron chi connectivity index (χ1n) is 5.59. The van der Waals surface area contributed by atoms with E-state index < -0.39 is 11.9 Å². The molecular formula is C11H15F3N2. The Bertz CT molecular complexity index is 389. The molecule has 1 fully saturated rings. The van der Waals surface area contributed by atoms with Crippen molar-refractivity contribution in [2.24, 2.45) is 0 Å². The van der Waals surface area contributed by atoms with Crippen LogP contribution in [0, 0.1) is 6.92 Å². The molecule has 1 aliphatic rings. The number of halogens is 3. The molecule has 1 saturated carbocycles. The Morgan fingerprint density at radius 2 is 2.00 bits per heavy atom. The minimum atomic E-state index is -4.32. The van der Waals surface area contributed by atoms with Crippen LogP contribution >= 0.6 is 0 Å². The second-order valence-electron chi connectivity index (χ2n) is 4.34. The van der Waals surface area contributed by atoms with Crippen LogP contribution < -0.4 is 0 Å². The van der Waals surface area contributed by atoms with Gasteiger partial charge in [0.1, 0.15) is 0 Å². The summed E-state index contributed by atoms with van der Waals surface area (Å²) < 4.78 is 39.9. The molecule has 16 heavy (non-hydrogen) atoms. The van der Waals surface area contributed by atoms with Crippen LogP contribution in [0.2, 0.25) is 0 Å². The molecule has 0 amide bonds. The fourth-order valence-electron chi connectivity index (χ4n) is 2.06. The van der Waals surface area contributed by atoms with E-state index in [0.717, 1.165) is 19.3 Å². The first kappa shape index (κ1) is 11.5. The summed E-state index contributed by atoms with van der Waals surface area (Å²) in [5.41, 5.74) is 0.457. The number of aryl methyl sites for hydroxylation is 1. The Morgan fingerprint density at radius 3 is 2.44 bits per heavy atom. The Balaban J connectivity index is 2.46. The maximum absolute atomic E-state index is 12.8. The molecule has 0 radical (unpaired) electrons. The molecule has 0 atom stereocenters. The van der Waals surface area contributed by atoms with Gasteiger partial charge in [0.2, 0.25) is 0 Å². The van der Waals surface area contributed by atoms with Gasteiger partial charge in [0.25, 0.3) is 0 Å². The molecule has 90 valence electrons. The van der Waals surface area contributed by atoms with Crippen LogP contribution in [0.4, 0.5) is 13.2 Å². The summed E-state index contributed by atoms with van der Waals surface area (Å²) in [5.74, 6) is 0.0854. The Hall–Kier alpha value is -1.00. The van der Waals surface area contributed by atoms with Crippen molar-refractivity contribution >= 4 is 0 Å². The molecule has 0 aromatic carbocycles. The first-order chi connectivity index (χ1) is 7.45. The van der Waals surface area contributed by atoms with Crippen LogP contribution in [-0.2, 0) is 12.7 Å². The molecule has 1 heterocycles. The van der Waals surface area contributed by atoms with Crippen LogP contribution in [0.3, 0.4) is 0 Å². The van der Waals surface area contributed by atoms with Gasteiger partial charge in [0.05, 0.1) is 0 Å². The van der Waals surface area contributed by atoms with Gasteiger partial charge in [-0.3, -0.25) is 4.68 Å².